The molecule has 0 aromatic heterocycles. The third kappa shape index (κ3) is 4.20. The predicted octanol–water partition coefficient (Wildman–Crippen LogP) is 1.17. The molecule has 0 aliphatic carbocycles. The van der Waals surface area contributed by atoms with E-state index in [1.165, 1.54) is 24.1 Å². The number of carbonyl (C=O) groups is 1. The molecule has 0 saturated heterocycles. The number of nitrogens with zero attached hydrogens (tertiary/aromatic N) is 2. The van der Waals surface area contributed by atoms with E-state index in [1.54, 1.807) is 27.1 Å². The van der Waals surface area contributed by atoms with E-state index in [2.05, 4.69) is 5.32 Å². The van der Waals surface area contributed by atoms with Crippen molar-refractivity contribution in [1.82, 2.24) is 10.2 Å². The van der Waals surface area contributed by atoms with E-state index in [9.17, 15) is 14.9 Å². The maximum atomic E-state index is 11.7. The fourth-order valence-corrected chi connectivity index (χ4v) is 1.71. The van der Waals surface area contributed by atoms with Gasteiger partial charge in [-0.3, -0.25) is 14.9 Å². The average Bonchev–Trinajstić information content (AvgIpc) is 2.43. The first-order valence-corrected chi connectivity index (χ1v) is 6.12. The first-order chi connectivity index (χ1) is 9.35. The molecule has 0 fully saturated rings. The molecule has 0 aliphatic rings. The summed E-state index contributed by atoms with van der Waals surface area (Å²) in [6.45, 7) is 2.09. The summed E-state index contributed by atoms with van der Waals surface area (Å²) in [6.07, 6.45) is 0. The second-order valence-electron chi connectivity index (χ2n) is 4.63. The van der Waals surface area contributed by atoms with Gasteiger partial charge in [-0.25, -0.2) is 0 Å². The zero-order chi connectivity index (χ0) is 15.3. The summed E-state index contributed by atoms with van der Waals surface area (Å²) in [5, 5.41) is 13.9. The largest absolute Gasteiger partial charge is 0.496 e. The van der Waals surface area contributed by atoms with Gasteiger partial charge < -0.3 is 15.0 Å². The topological polar surface area (TPSA) is 84.7 Å². The number of rotatable bonds is 6. The fourth-order valence-electron chi connectivity index (χ4n) is 1.71. The van der Waals surface area contributed by atoms with Crippen LogP contribution in [-0.4, -0.2) is 43.0 Å². The van der Waals surface area contributed by atoms with Crippen LogP contribution in [0.2, 0.25) is 0 Å². The van der Waals surface area contributed by atoms with Gasteiger partial charge in [-0.2, -0.15) is 0 Å². The highest BCUT2D eigenvalue weighted by Gasteiger charge is 2.15. The smallest absolute Gasteiger partial charge is 0.273 e. The number of non-ortho nitro benzene ring substituents is 1. The van der Waals surface area contributed by atoms with E-state index in [1.807, 2.05) is 0 Å². The Bertz CT molecular complexity index is 502. The molecule has 1 aromatic carbocycles. The van der Waals surface area contributed by atoms with Gasteiger partial charge in [0.2, 0.25) is 5.91 Å². The first-order valence-electron chi connectivity index (χ1n) is 6.12. The Hall–Kier alpha value is -2.15. The molecule has 110 valence electrons. The number of nitro groups is 1. The van der Waals surface area contributed by atoms with Crippen LogP contribution >= 0.6 is 0 Å². The van der Waals surface area contributed by atoms with Crippen molar-refractivity contribution < 1.29 is 14.5 Å². The van der Waals surface area contributed by atoms with Gasteiger partial charge in [0, 0.05) is 26.7 Å². The van der Waals surface area contributed by atoms with Crippen molar-refractivity contribution in [3.63, 3.8) is 0 Å². The van der Waals surface area contributed by atoms with Crippen molar-refractivity contribution in [1.29, 1.82) is 0 Å². The third-order valence-corrected chi connectivity index (χ3v) is 2.82. The highest BCUT2D eigenvalue weighted by Crippen LogP contribution is 2.22. The molecule has 0 spiro atoms. The number of nitro benzene ring substituents is 1. The predicted molar refractivity (Wildman–Crippen MR) is 74.6 cm³/mol. The lowest BCUT2D eigenvalue weighted by molar-refractivity contribution is -0.385. The van der Waals surface area contributed by atoms with Crippen molar-refractivity contribution in [3.8, 4) is 5.75 Å². The second kappa shape index (κ2) is 6.85. The molecule has 1 aromatic rings. The molecule has 0 radical (unpaired) electrons. The Morgan fingerprint density at radius 2 is 2.10 bits per heavy atom. The molecular weight excluding hydrogens is 262 g/mol. The SMILES string of the molecule is COc1cc(CNC(C)C(=O)N(C)C)cc([N+](=O)[O-])c1. The van der Waals surface area contributed by atoms with Crippen molar-refractivity contribution in [3.05, 3.63) is 33.9 Å². The third-order valence-electron chi connectivity index (χ3n) is 2.82. The highest BCUT2D eigenvalue weighted by molar-refractivity contribution is 5.80. The minimum atomic E-state index is -0.472. The van der Waals surface area contributed by atoms with Crippen molar-refractivity contribution in [2.24, 2.45) is 0 Å². The van der Waals surface area contributed by atoms with Crippen molar-refractivity contribution in [2.75, 3.05) is 21.2 Å². The van der Waals surface area contributed by atoms with Crippen molar-refractivity contribution >= 4 is 11.6 Å². The standard InChI is InChI=1S/C13H19N3O4/c1-9(13(17)15(2)3)14-8-10-5-11(16(18)19)7-12(6-10)20-4/h5-7,9,14H,8H2,1-4H3. The Morgan fingerprint density at radius 1 is 1.45 bits per heavy atom. The van der Waals surface area contributed by atoms with Gasteiger partial charge in [0.25, 0.3) is 5.69 Å². The first kappa shape index (κ1) is 15.9. The number of amides is 1. The summed E-state index contributed by atoms with van der Waals surface area (Å²) < 4.78 is 5.03. The number of benzene rings is 1. The quantitative estimate of drug-likeness (QED) is 0.625. The summed E-state index contributed by atoms with van der Waals surface area (Å²) in [5.74, 6) is 0.366. The number of methoxy groups -OCH3 is 1. The van der Waals surface area contributed by atoms with Crippen LogP contribution in [0.15, 0.2) is 18.2 Å². The normalized spacial score (nSPS) is 11.8. The minimum Gasteiger partial charge on any atom is -0.496 e. The monoisotopic (exact) mass is 281 g/mol. The van der Waals surface area contributed by atoms with Crippen LogP contribution < -0.4 is 10.1 Å². The van der Waals surface area contributed by atoms with Gasteiger partial charge in [0.05, 0.1) is 24.1 Å². The molecule has 1 unspecified atom stereocenters. The molecule has 0 heterocycles. The summed E-state index contributed by atoms with van der Waals surface area (Å²) in [6, 6.07) is 4.16. The Labute approximate surface area is 117 Å². The molecule has 0 saturated carbocycles. The maximum Gasteiger partial charge on any atom is 0.273 e. The van der Waals surface area contributed by atoms with Gasteiger partial charge in [0.15, 0.2) is 0 Å². The molecule has 1 atom stereocenters. The number of hydrogen-bond acceptors (Lipinski definition) is 5. The Kier molecular flexibility index (Phi) is 5.45. The zero-order valence-corrected chi connectivity index (χ0v) is 12.0. The average molecular weight is 281 g/mol. The van der Waals surface area contributed by atoms with Crippen LogP contribution in [0.1, 0.15) is 12.5 Å². The Morgan fingerprint density at radius 3 is 2.60 bits per heavy atom. The van der Waals surface area contributed by atoms with Gasteiger partial charge in [-0.15, -0.1) is 0 Å². The number of likely N-dealkylation sites (N-methyl/N-ethyl adjacent to an activating group) is 1. The van der Waals surface area contributed by atoms with Crippen LogP contribution in [0.5, 0.6) is 5.75 Å². The van der Waals surface area contributed by atoms with Crippen LogP contribution in [-0.2, 0) is 11.3 Å². The second-order valence-corrected chi connectivity index (χ2v) is 4.63. The lowest BCUT2D eigenvalue weighted by Crippen LogP contribution is -2.41. The minimum absolute atomic E-state index is 0.0345. The van der Waals surface area contributed by atoms with E-state index < -0.39 is 4.92 Å². The molecule has 7 heteroatoms. The Balaban J connectivity index is 2.79. The summed E-state index contributed by atoms with van der Waals surface area (Å²) in [4.78, 5) is 23.5. The maximum absolute atomic E-state index is 11.7. The molecule has 1 amide bonds. The highest BCUT2D eigenvalue weighted by atomic mass is 16.6. The number of nitrogens with one attached hydrogen (secondary N) is 1. The summed E-state index contributed by atoms with van der Waals surface area (Å²) >= 11 is 0. The molecule has 20 heavy (non-hydrogen) atoms. The number of carbonyl (C=O) groups excluding carboxylic acids is 1. The van der Waals surface area contributed by atoms with Crippen LogP contribution in [0.25, 0.3) is 0 Å². The van der Waals surface area contributed by atoms with E-state index in [4.69, 9.17) is 4.74 Å². The van der Waals surface area contributed by atoms with E-state index in [0.717, 1.165) is 0 Å². The summed E-state index contributed by atoms with van der Waals surface area (Å²) in [7, 11) is 4.81. The molecule has 0 bridgehead atoms. The van der Waals surface area contributed by atoms with Crippen LogP contribution in [0.3, 0.4) is 0 Å². The van der Waals surface area contributed by atoms with Crippen LogP contribution in [0, 0.1) is 10.1 Å². The van der Waals surface area contributed by atoms with Gasteiger partial charge in [-0.05, 0) is 18.6 Å². The summed E-state index contributed by atoms with van der Waals surface area (Å²) in [5.41, 5.74) is 0.655. The van der Waals surface area contributed by atoms with Gasteiger partial charge >= 0.3 is 0 Å². The molecule has 1 rings (SSSR count). The number of ether oxygens (including phenoxy) is 1. The molecule has 0 aliphatic heterocycles. The fraction of sp³-hybridized carbons (Fsp3) is 0.462. The van der Waals surface area contributed by atoms with Gasteiger partial charge in [-0.1, -0.05) is 0 Å². The lowest BCUT2D eigenvalue weighted by atomic mass is 10.1. The van der Waals surface area contributed by atoms with Gasteiger partial charge in [0.1, 0.15) is 5.75 Å². The van der Waals surface area contributed by atoms with E-state index in [0.29, 0.717) is 17.9 Å². The van der Waals surface area contributed by atoms with E-state index in [-0.39, 0.29) is 17.6 Å². The number of hydrogen-bond donors (Lipinski definition) is 1. The lowest BCUT2D eigenvalue weighted by Gasteiger charge is -2.18. The molecule has 1 N–H and O–H groups in total. The zero-order valence-electron chi connectivity index (χ0n) is 12.0. The van der Waals surface area contributed by atoms with E-state index >= 15 is 0 Å². The van der Waals surface area contributed by atoms with Crippen LogP contribution in [0.4, 0.5) is 5.69 Å². The molecule has 7 nitrogen and oxygen atoms in total. The van der Waals surface area contributed by atoms with Crippen molar-refractivity contribution in [2.45, 2.75) is 19.5 Å². The molecular formula is C13H19N3O4.